The summed E-state index contributed by atoms with van der Waals surface area (Å²) < 4.78 is 4.73. The number of carbonyl (C=O) groups excluding carboxylic acids is 1. The third-order valence-corrected chi connectivity index (χ3v) is 4.30. The van der Waals surface area contributed by atoms with E-state index in [4.69, 9.17) is 16.3 Å². The normalized spacial score (nSPS) is 21.2. The second-order valence-electron chi connectivity index (χ2n) is 5.76. The highest BCUT2D eigenvalue weighted by Gasteiger charge is 2.34. The summed E-state index contributed by atoms with van der Waals surface area (Å²) in [6, 6.07) is 5.57. The molecule has 1 unspecified atom stereocenters. The zero-order valence-corrected chi connectivity index (χ0v) is 12.4. The van der Waals surface area contributed by atoms with Crippen LogP contribution in [0.2, 0.25) is 5.02 Å². The molecule has 0 radical (unpaired) electrons. The lowest BCUT2D eigenvalue weighted by Crippen LogP contribution is -2.31. The van der Waals surface area contributed by atoms with Crippen molar-refractivity contribution in [3.8, 4) is 0 Å². The summed E-state index contributed by atoms with van der Waals surface area (Å²) in [7, 11) is 1.38. The fraction of sp³-hybridized carbons (Fsp3) is 0.533. The van der Waals surface area contributed by atoms with Crippen LogP contribution in [0.15, 0.2) is 18.2 Å². The summed E-state index contributed by atoms with van der Waals surface area (Å²) >= 11 is 6.20. The Balaban J connectivity index is 2.22. The molecule has 1 aromatic carbocycles. The molecule has 0 spiro atoms. The number of esters is 1. The maximum absolute atomic E-state index is 11.5. The number of hydrogen-bond donors (Lipinski definition) is 1. The van der Waals surface area contributed by atoms with Crippen LogP contribution in [-0.4, -0.2) is 19.1 Å². The highest BCUT2D eigenvalue weighted by molar-refractivity contribution is 6.33. The molecule has 0 amide bonds. The van der Waals surface area contributed by atoms with Gasteiger partial charge in [0.15, 0.2) is 0 Å². The Morgan fingerprint density at radius 3 is 2.79 bits per heavy atom. The topological polar surface area (TPSA) is 38.3 Å². The lowest BCUT2D eigenvalue weighted by molar-refractivity contribution is 0.0601. The monoisotopic (exact) mass is 281 g/mol. The molecule has 1 atom stereocenters. The van der Waals surface area contributed by atoms with E-state index in [9.17, 15) is 4.79 Å². The van der Waals surface area contributed by atoms with Crippen LogP contribution >= 0.6 is 11.6 Å². The van der Waals surface area contributed by atoms with Crippen LogP contribution in [0, 0.1) is 5.41 Å². The number of rotatable bonds is 3. The van der Waals surface area contributed by atoms with E-state index in [1.54, 1.807) is 18.2 Å². The molecule has 1 aliphatic rings. The van der Waals surface area contributed by atoms with Gasteiger partial charge in [-0.2, -0.15) is 0 Å². The number of methoxy groups -OCH3 is 1. The van der Waals surface area contributed by atoms with Crippen LogP contribution in [0.25, 0.3) is 0 Å². The van der Waals surface area contributed by atoms with Gasteiger partial charge in [0.05, 0.1) is 23.4 Å². The first-order valence-electron chi connectivity index (χ1n) is 6.58. The number of nitrogens with one attached hydrogen (secondary N) is 1. The van der Waals surface area contributed by atoms with Crippen molar-refractivity contribution in [2.45, 2.75) is 39.2 Å². The van der Waals surface area contributed by atoms with Crippen molar-refractivity contribution in [2.24, 2.45) is 5.41 Å². The highest BCUT2D eigenvalue weighted by atomic mass is 35.5. The largest absolute Gasteiger partial charge is 0.465 e. The molecular formula is C15H20ClNO2. The van der Waals surface area contributed by atoms with Crippen LogP contribution in [0.1, 0.15) is 43.5 Å². The van der Waals surface area contributed by atoms with Gasteiger partial charge in [-0.25, -0.2) is 4.79 Å². The number of hydrogen-bond acceptors (Lipinski definition) is 3. The van der Waals surface area contributed by atoms with Crippen molar-refractivity contribution in [3.63, 3.8) is 0 Å². The summed E-state index contributed by atoms with van der Waals surface area (Å²) in [4.78, 5) is 11.5. The zero-order chi connectivity index (χ0) is 14.0. The molecule has 19 heavy (non-hydrogen) atoms. The van der Waals surface area contributed by atoms with Crippen molar-refractivity contribution in [1.82, 2.24) is 0 Å². The van der Waals surface area contributed by atoms with Gasteiger partial charge in [0.2, 0.25) is 0 Å². The van der Waals surface area contributed by atoms with E-state index < -0.39 is 0 Å². The molecule has 1 fully saturated rings. The van der Waals surface area contributed by atoms with Gasteiger partial charge in [-0.15, -0.1) is 0 Å². The Labute approximate surface area is 119 Å². The molecule has 3 nitrogen and oxygen atoms in total. The number of anilines is 1. The summed E-state index contributed by atoms with van der Waals surface area (Å²) in [5.74, 6) is -0.342. The standard InChI is InChI=1S/C15H20ClNO2/c1-15(2)8-4-5-13(15)17-12-9-10(14(18)19-3)6-7-11(12)16/h6-7,9,13,17H,4-5,8H2,1-3H3. The smallest absolute Gasteiger partial charge is 0.337 e. The van der Waals surface area contributed by atoms with Crippen molar-refractivity contribution >= 4 is 23.3 Å². The van der Waals surface area contributed by atoms with Gasteiger partial charge in [0.1, 0.15) is 0 Å². The Hall–Kier alpha value is -1.22. The summed E-state index contributed by atoms with van der Waals surface area (Å²) in [5, 5.41) is 4.11. The molecule has 0 aliphatic heterocycles. The van der Waals surface area contributed by atoms with Gasteiger partial charge >= 0.3 is 5.97 Å². The molecule has 2 rings (SSSR count). The predicted octanol–water partition coefficient (Wildman–Crippen LogP) is 4.12. The molecule has 1 saturated carbocycles. The van der Waals surface area contributed by atoms with Crippen LogP contribution in [0.4, 0.5) is 5.69 Å². The molecular weight excluding hydrogens is 262 g/mol. The molecule has 0 bridgehead atoms. The van der Waals surface area contributed by atoms with Gasteiger partial charge in [-0.3, -0.25) is 0 Å². The maximum Gasteiger partial charge on any atom is 0.337 e. The second-order valence-corrected chi connectivity index (χ2v) is 6.17. The number of benzene rings is 1. The minimum atomic E-state index is -0.342. The average Bonchev–Trinajstić information content (AvgIpc) is 2.70. The SMILES string of the molecule is COC(=O)c1ccc(Cl)c(NC2CCCC2(C)C)c1. The Morgan fingerprint density at radius 2 is 2.21 bits per heavy atom. The maximum atomic E-state index is 11.5. The predicted molar refractivity (Wildman–Crippen MR) is 77.8 cm³/mol. The van der Waals surface area contributed by atoms with Crippen LogP contribution in [0.5, 0.6) is 0 Å². The minimum Gasteiger partial charge on any atom is -0.465 e. The molecule has 1 aromatic rings. The first-order valence-corrected chi connectivity index (χ1v) is 6.96. The van der Waals surface area contributed by atoms with Crippen molar-refractivity contribution < 1.29 is 9.53 Å². The first-order chi connectivity index (χ1) is 8.94. The highest BCUT2D eigenvalue weighted by Crippen LogP contribution is 2.40. The van der Waals surface area contributed by atoms with E-state index in [-0.39, 0.29) is 11.4 Å². The minimum absolute atomic E-state index is 0.255. The zero-order valence-electron chi connectivity index (χ0n) is 11.6. The fourth-order valence-corrected chi connectivity index (χ4v) is 2.83. The van der Waals surface area contributed by atoms with E-state index in [0.717, 1.165) is 12.1 Å². The Kier molecular flexibility index (Phi) is 4.04. The molecule has 0 heterocycles. The van der Waals surface area contributed by atoms with Gasteiger partial charge in [0.25, 0.3) is 0 Å². The molecule has 4 heteroatoms. The molecule has 104 valence electrons. The third-order valence-electron chi connectivity index (χ3n) is 3.97. The van der Waals surface area contributed by atoms with Gasteiger partial charge < -0.3 is 10.1 Å². The summed E-state index contributed by atoms with van der Waals surface area (Å²) in [6.45, 7) is 4.52. The molecule has 1 N–H and O–H groups in total. The van der Waals surface area contributed by atoms with E-state index in [1.165, 1.54) is 20.0 Å². The number of ether oxygens (including phenoxy) is 1. The number of halogens is 1. The third kappa shape index (κ3) is 3.03. The van der Waals surface area contributed by atoms with Crippen molar-refractivity contribution in [1.29, 1.82) is 0 Å². The van der Waals surface area contributed by atoms with E-state index >= 15 is 0 Å². The Bertz CT molecular complexity index is 485. The van der Waals surface area contributed by atoms with Crippen LogP contribution in [0.3, 0.4) is 0 Å². The second kappa shape index (κ2) is 5.41. The molecule has 0 saturated heterocycles. The van der Waals surface area contributed by atoms with Gasteiger partial charge in [0, 0.05) is 6.04 Å². The quantitative estimate of drug-likeness (QED) is 0.847. The van der Waals surface area contributed by atoms with Crippen molar-refractivity contribution in [2.75, 3.05) is 12.4 Å². The lowest BCUT2D eigenvalue weighted by Gasteiger charge is -2.29. The van der Waals surface area contributed by atoms with E-state index in [2.05, 4.69) is 19.2 Å². The van der Waals surface area contributed by atoms with Gasteiger partial charge in [-0.1, -0.05) is 31.9 Å². The van der Waals surface area contributed by atoms with E-state index in [1.807, 2.05) is 0 Å². The van der Waals surface area contributed by atoms with Gasteiger partial charge in [-0.05, 0) is 36.5 Å². The average molecular weight is 282 g/mol. The molecule has 0 aromatic heterocycles. The Morgan fingerprint density at radius 1 is 1.47 bits per heavy atom. The first kappa shape index (κ1) is 14.2. The van der Waals surface area contributed by atoms with Crippen molar-refractivity contribution in [3.05, 3.63) is 28.8 Å². The van der Waals surface area contributed by atoms with Crippen LogP contribution < -0.4 is 5.32 Å². The van der Waals surface area contributed by atoms with E-state index in [0.29, 0.717) is 16.6 Å². The summed E-state index contributed by atoms with van der Waals surface area (Å²) in [6.07, 6.45) is 3.56. The van der Waals surface area contributed by atoms with Crippen LogP contribution in [-0.2, 0) is 4.74 Å². The fourth-order valence-electron chi connectivity index (χ4n) is 2.66. The number of carbonyl (C=O) groups is 1. The lowest BCUT2D eigenvalue weighted by atomic mass is 9.87. The summed E-state index contributed by atoms with van der Waals surface area (Å²) in [5.41, 5.74) is 1.58. The molecule has 1 aliphatic carbocycles.